The Morgan fingerprint density at radius 1 is 1.19 bits per heavy atom. The monoisotopic (exact) mass is 283 g/mol. The Morgan fingerprint density at radius 3 is 2.76 bits per heavy atom. The first-order valence-electron chi connectivity index (χ1n) is 6.71. The summed E-state index contributed by atoms with van der Waals surface area (Å²) in [6, 6.07) is 10.3. The van der Waals surface area contributed by atoms with Crippen LogP contribution in [0.4, 0.5) is 11.8 Å². The lowest BCUT2D eigenvalue weighted by Crippen LogP contribution is -2.14. The lowest BCUT2D eigenvalue weighted by atomic mass is 10.1. The first-order chi connectivity index (χ1) is 10.3. The van der Waals surface area contributed by atoms with E-state index in [1.54, 1.807) is 6.33 Å². The second kappa shape index (κ2) is 5.76. The maximum absolute atomic E-state index is 5.42. The van der Waals surface area contributed by atoms with Crippen LogP contribution in [0.5, 0.6) is 0 Å². The molecule has 0 radical (unpaired) electrons. The van der Waals surface area contributed by atoms with E-state index in [0.717, 1.165) is 24.1 Å². The number of hydrogen-bond acceptors (Lipinski definition) is 6. The predicted octanol–water partition coefficient (Wildman–Crippen LogP) is 1.30. The van der Waals surface area contributed by atoms with Gasteiger partial charge in [0.1, 0.15) is 0 Å². The summed E-state index contributed by atoms with van der Waals surface area (Å²) in [5.74, 6) is 6.47. The van der Waals surface area contributed by atoms with Crippen molar-refractivity contribution in [2.24, 2.45) is 12.9 Å². The number of anilines is 2. The van der Waals surface area contributed by atoms with Gasteiger partial charge in [-0.3, -0.25) is 5.43 Å². The highest BCUT2D eigenvalue weighted by Crippen LogP contribution is 2.19. The van der Waals surface area contributed by atoms with Crippen LogP contribution in [0.25, 0.3) is 11.2 Å². The van der Waals surface area contributed by atoms with Gasteiger partial charge in [-0.1, -0.05) is 30.3 Å². The summed E-state index contributed by atoms with van der Waals surface area (Å²) in [6.07, 6.45) is 2.62. The molecule has 108 valence electrons. The standard InChI is InChI=1S/C14H17N7/c1-21-9-17-11-12(18-14(20-15)19-13(11)21)16-8-7-10-5-3-2-4-6-10/h2-6,9H,7-8,15H2,1H3,(H2,16,18,19,20). The Kier molecular flexibility index (Phi) is 3.65. The molecule has 0 bridgehead atoms. The smallest absolute Gasteiger partial charge is 0.241 e. The second-order valence-corrected chi connectivity index (χ2v) is 4.73. The van der Waals surface area contributed by atoms with Crippen molar-refractivity contribution >= 4 is 22.9 Å². The molecule has 3 rings (SSSR count). The van der Waals surface area contributed by atoms with Crippen molar-refractivity contribution in [3.63, 3.8) is 0 Å². The molecule has 0 aliphatic heterocycles. The van der Waals surface area contributed by atoms with Crippen LogP contribution in [-0.4, -0.2) is 26.1 Å². The third kappa shape index (κ3) is 2.77. The molecular weight excluding hydrogens is 266 g/mol. The molecule has 1 aromatic carbocycles. The van der Waals surface area contributed by atoms with E-state index in [2.05, 4.69) is 37.8 Å². The molecule has 7 heteroatoms. The van der Waals surface area contributed by atoms with E-state index in [0.29, 0.717) is 11.8 Å². The largest absolute Gasteiger partial charge is 0.368 e. The quantitative estimate of drug-likeness (QED) is 0.483. The van der Waals surface area contributed by atoms with Gasteiger partial charge in [0, 0.05) is 13.6 Å². The molecule has 2 heterocycles. The maximum Gasteiger partial charge on any atom is 0.241 e. The number of aromatic nitrogens is 4. The van der Waals surface area contributed by atoms with Gasteiger partial charge in [0.15, 0.2) is 17.0 Å². The predicted molar refractivity (Wildman–Crippen MR) is 82.7 cm³/mol. The van der Waals surface area contributed by atoms with Crippen LogP contribution in [0.15, 0.2) is 36.7 Å². The number of benzene rings is 1. The van der Waals surface area contributed by atoms with E-state index in [9.17, 15) is 0 Å². The van der Waals surface area contributed by atoms with Crippen molar-refractivity contribution in [2.75, 3.05) is 17.3 Å². The molecule has 7 nitrogen and oxygen atoms in total. The normalized spacial score (nSPS) is 10.8. The van der Waals surface area contributed by atoms with Gasteiger partial charge in [0.2, 0.25) is 5.95 Å². The number of nitrogens with one attached hydrogen (secondary N) is 2. The molecule has 0 amide bonds. The van der Waals surface area contributed by atoms with E-state index < -0.39 is 0 Å². The zero-order chi connectivity index (χ0) is 14.7. The van der Waals surface area contributed by atoms with E-state index in [1.165, 1.54) is 5.56 Å². The molecule has 0 aliphatic rings. The first kappa shape index (κ1) is 13.3. The van der Waals surface area contributed by atoms with Crippen LogP contribution < -0.4 is 16.6 Å². The van der Waals surface area contributed by atoms with E-state index in [1.807, 2.05) is 29.8 Å². The Bertz CT molecular complexity index is 736. The van der Waals surface area contributed by atoms with E-state index in [4.69, 9.17) is 5.84 Å². The molecule has 0 unspecified atom stereocenters. The van der Waals surface area contributed by atoms with Crippen molar-refractivity contribution in [1.29, 1.82) is 0 Å². The van der Waals surface area contributed by atoms with Gasteiger partial charge in [-0.15, -0.1) is 0 Å². The van der Waals surface area contributed by atoms with Crippen LogP contribution in [0.3, 0.4) is 0 Å². The summed E-state index contributed by atoms with van der Waals surface area (Å²) in [5, 5.41) is 3.30. The number of fused-ring (bicyclic) bond motifs is 1. The molecule has 0 saturated carbocycles. The number of hydrazine groups is 1. The zero-order valence-corrected chi connectivity index (χ0v) is 11.7. The van der Waals surface area contributed by atoms with Crippen LogP contribution in [0.2, 0.25) is 0 Å². The summed E-state index contributed by atoms with van der Waals surface area (Å²) in [4.78, 5) is 12.9. The fraction of sp³-hybridized carbons (Fsp3) is 0.214. The van der Waals surface area contributed by atoms with Crippen LogP contribution in [0, 0.1) is 0 Å². The minimum atomic E-state index is 0.369. The number of hydrogen-bond donors (Lipinski definition) is 3. The van der Waals surface area contributed by atoms with Crippen LogP contribution in [0.1, 0.15) is 5.56 Å². The molecule has 3 aromatic rings. The Hall–Kier alpha value is -2.67. The second-order valence-electron chi connectivity index (χ2n) is 4.73. The lowest BCUT2D eigenvalue weighted by Gasteiger charge is -2.08. The Morgan fingerprint density at radius 2 is 2.00 bits per heavy atom. The number of nitrogen functional groups attached to an aromatic ring is 1. The summed E-state index contributed by atoms with van der Waals surface area (Å²) in [5.41, 5.74) is 5.23. The highest BCUT2D eigenvalue weighted by Gasteiger charge is 2.11. The molecule has 0 fully saturated rings. The van der Waals surface area contributed by atoms with Gasteiger partial charge in [-0.05, 0) is 12.0 Å². The maximum atomic E-state index is 5.42. The van der Waals surface area contributed by atoms with Crippen LogP contribution in [-0.2, 0) is 13.5 Å². The number of aryl methyl sites for hydroxylation is 1. The topological polar surface area (TPSA) is 93.7 Å². The van der Waals surface area contributed by atoms with Gasteiger partial charge in [0.25, 0.3) is 0 Å². The lowest BCUT2D eigenvalue weighted by molar-refractivity contribution is 0.927. The minimum Gasteiger partial charge on any atom is -0.368 e. The molecule has 0 aliphatic carbocycles. The third-order valence-electron chi connectivity index (χ3n) is 3.24. The van der Waals surface area contributed by atoms with Gasteiger partial charge < -0.3 is 9.88 Å². The fourth-order valence-electron chi connectivity index (χ4n) is 2.16. The summed E-state index contributed by atoms with van der Waals surface area (Å²) in [6.45, 7) is 0.761. The SMILES string of the molecule is Cn1cnc2c(NCCc3ccccc3)nc(NN)nc21. The molecule has 4 N–H and O–H groups in total. The summed E-state index contributed by atoms with van der Waals surface area (Å²) < 4.78 is 1.83. The van der Waals surface area contributed by atoms with Crippen LogP contribution >= 0.6 is 0 Å². The first-order valence-corrected chi connectivity index (χ1v) is 6.71. The number of rotatable bonds is 5. The van der Waals surface area contributed by atoms with E-state index in [-0.39, 0.29) is 0 Å². The number of nitrogens with two attached hydrogens (primary N) is 1. The molecular formula is C14H17N7. The highest BCUT2D eigenvalue weighted by molar-refractivity contribution is 5.84. The van der Waals surface area contributed by atoms with Crippen molar-refractivity contribution < 1.29 is 0 Å². The Balaban J connectivity index is 1.80. The molecule has 0 saturated heterocycles. The molecule has 0 spiro atoms. The minimum absolute atomic E-state index is 0.369. The van der Waals surface area contributed by atoms with Crippen molar-refractivity contribution in [1.82, 2.24) is 19.5 Å². The third-order valence-corrected chi connectivity index (χ3v) is 3.24. The highest BCUT2D eigenvalue weighted by atomic mass is 15.3. The molecule has 2 aromatic heterocycles. The van der Waals surface area contributed by atoms with Crippen molar-refractivity contribution in [2.45, 2.75) is 6.42 Å². The van der Waals surface area contributed by atoms with Crippen molar-refractivity contribution in [3.8, 4) is 0 Å². The molecule has 21 heavy (non-hydrogen) atoms. The van der Waals surface area contributed by atoms with Gasteiger partial charge in [-0.25, -0.2) is 10.8 Å². The number of imidazole rings is 1. The average molecular weight is 283 g/mol. The van der Waals surface area contributed by atoms with Gasteiger partial charge >= 0.3 is 0 Å². The van der Waals surface area contributed by atoms with Crippen molar-refractivity contribution in [3.05, 3.63) is 42.2 Å². The number of nitrogens with zero attached hydrogens (tertiary/aromatic N) is 4. The summed E-state index contributed by atoms with van der Waals surface area (Å²) >= 11 is 0. The van der Waals surface area contributed by atoms with Gasteiger partial charge in [-0.2, -0.15) is 9.97 Å². The fourth-order valence-corrected chi connectivity index (χ4v) is 2.16. The summed E-state index contributed by atoms with van der Waals surface area (Å²) in [7, 11) is 1.89. The average Bonchev–Trinajstić information content (AvgIpc) is 2.90. The van der Waals surface area contributed by atoms with E-state index >= 15 is 0 Å². The van der Waals surface area contributed by atoms with Gasteiger partial charge in [0.05, 0.1) is 6.33 Å². The molecule has 0 atom stereocenters. The zero-order valence-electron chi connectivity index (χ0n) is 11.7. The Labute approximate surface area is 122 Å².